The van der Waals surface area contributed by atoms with E-state index in [1.54, 1.807) is 0 Å². The molecule has 0 bridgehead atoms. The fraction of sp³-hybridized carbons (Fsp3) is 0.333. The van der Waals surface area contributed by atoms with Crippen LogP contribution in [0.15, 0.2) is 24.4 Å². The number of carbonyl (C=O) groups is 1. The third-order valence-corrected chi connectivity index (χ3v) is 3.94. The number of nitrogens with zero attached hydrogens (tertiary/aromatic N) is 1. The molecule has 1 aliphatic heterocycles. The van der Waals surface area contributed by atoms with Gasteiger partial charge in [0.2, 0.25) is 5.91 Å². The van der Waals surface area contributed by atoms with Gasteiger partial charge in [0, 0.05) is 5.39 Å². The Kier molecular flexibility index (Phi) is 4.12. The molecule has 1 aromatic carbocycles. The molecule has 1 saturated heterocycles. The Hall–Kier alpha value is -2.29. The first-order chi connectivity index (χ1) is 11.3. The Balaban J connectivity index is 1.82. The molecular weight excluding hydrogens is 333 g/mol. The number of pyridine rings is 1. The summed E-state index contributed by atoms with van der Waals surface area (Å²) in [7, 11) is 0. The number of rotatable bonds is 2. The van der Waals surface area contributed by atoms with Crippen molar-refractivity contribution in [2.45, 2.75) is 18.6 Å². The van der Waals surface area contributed by atoms with Gasteiger partial charge in [0.25, 0.3) is 0 Å². The fourth-order valence-electron chi connectivity index (χ4n) is 2.76. The van der Waals surface area contributed by atoms with Crippen LogP contribution in [0, 0.1) is 17.6 Å². The molecule has 1 aliphatic rings. The Morgan fingerprint density at radius 3 is 2.75 bits per heavy atom. The van der Waals surface area contributed by atoms with Crippen LogP contribution in [0.5, 0.6) is 0 Å². The molecule has 1 amide bonds. The van der Waals surface area contributed by atoms with Crippen molar-refractivity contribution in [1.29, 1.82) is 0 Å². The number of amides is 1. The average Bonchev–Trinajstić information content (AvgIpc) is 3.01. The summed E-state index contributed by atoms with van der Waals surface area (Å²) in [6.45, 7) is 0.0860. The third-order valence-electron chi connectivity index (χ3n) is 3.94. The molecule has 2 N–H and O–H groups in total. The number of hydrogen-bond acceptors (Lipinski definition) is 3. The smallest absolute Gasteiger partial charge is 0.323 e. The van der Waals surface area contributed by atoms with Crippen LogP contribution in [0.25, 0.3) is 10.9 Å². The molecule has 9 heteroatoms. The van der Waals surface area contributed by atoms with Gasteiger partial charge in [-0.15, -0.1) is 0 Å². The summed E-state index contributed by atoms with van der Waals surface area (Å²) >= 11 is 0. The highest BCUT2D eigenvalue weighted by molar-refractivity contribution is 5.96. The maximum absolute atomic E-state index is 13.6. The summed E-state index contributed by atoms with van der Waals surface area (Å²) in [4.78, 5) is 15.8. The van der Waals surface area contributed by atoms with E-state index in [2.05, 4.69) is 15.6 Å². The van der Waals surface area contributed by atoms with E-state index in [1.807, 2.05) is 0 Å². The van der Waals surface area contributed by atoms with Crippen molar-refractivity contribution in [3.05, 3.63) is 36.0 Å². The zero-order valence-corrected chi connectivity index (χ0v) is 12.1. The molecule has 2 atom stereocenters. The first kappa shape index (κ1) is 16.6. The van der Waals surface area contributed by atoms with E-state index in [0.717, 1.165) is 12.3 Å². The van der Waals surface area contributed by atoms with Crippen LogP contribution >= 0.6 is 0 Å². The molecule has 0 radical (unpaired) electrons. The number of aromatic nitrogens is 1. The summed E-state index contributed by atoms with van der Waals surface area (Å²) in [5.74, 6) is -4.80. The van der Waals surface area contributed by atoms with Gasteiger partial charge in [-0.2, -0.15) is 13.2 Å². The number of alkyl halides is 3. The van der Waals surface area contributed by atoms with Crippen molar-refractivity contribution < 1.29 is 26.7 Å². The Labute approximate surface area is 133 Å². The van der Waals surface area contributed by atoms with Crippen molar-refractivity contribution >= 4 is 22.5 Å². The maximum atomic E-state index is 13.6. The second-order valence-corrected chi connectivity index (χ2v) is 5.51. The highest BCUT2D eigenvalue weighted by Crippen LogP contribution is 2.34. The standard InChI is InChI=1S/C15H12F5N3O/c16-10-2-1-7-5-8(6-22-12(7)11(10)17)23-14(24)13-9(3-4-21-13)15(18,19)20/h1-2,5-6,9,13,21H,3-4H2,(H,23,24)/t9-,13-/m0/s1. The topological polar surface area (TPSA) is 54.0 Å². The van der Waals surface area contributed by atoms with Gasteiger partial charge in [-0.3, -0.25) is 9.78 Å². The third kappa shape index (κ3) is 3.03. The van der Waals surface area contributed by atoms with Crippen LogP contribution in [0.3, 0.4) is 0 Å². The molecule has 3 rings (SSSR count). The van der Waals surface area contributed by atoms with Crippen LogP contribution in [-0.4, -0.2) is 29.7 Å². The second-order valence-electron chi connectivity index (χ2n) is 5.51. The lowest BCUT2D eigenvalue weighted by Gasteiger charge is -2.21. The largest absolute Gasteiger partial charge is 0.393 e. The number of halogens is 5. The van der Waals surface area contributed by atoms with Crippen molar-refractivity contribution in [2.24, 2.45) is 5.92 Å². The summed E-state index contributed by atoms with van der Waals surface area (Å²) in [5, 5.41) is 5.08. The van der Waals surface area contributed by atoms with Crippen LogP contribution in [0.2, 0.25) is 0 Å². The quantitative estimate of drug-likeness (QED) is 0.823. The predicted octanol–water partition coefficient (Wildman–Crippen LogP) is 2.99. The van der Waals surface area contributed by atoms with E-state index in [0.29, 0.717) is 0 Å². The summed E-state index contributed by atoms with van der Waals surface area (Å²) in [5.41, 5.74) is -0.117. The molecule has 2 heterocycles. The normalized spacial score (nSPS) is 21.2. The molecule has 1 aromatic heterocycles. The Bertz CT molecular complexity index is 793. The summed E-state index contributed by atoms with van der Waals surface area (Å²) < 4.78 is 65.4. The fourth-order valence-corrected chi connectivity index (χ4v) is 2.76. The minimum Gasteiger partial charge on any atom is -0.323 e. The summed E-state index contributed by atoms with van der Waals surface area (Å²) in [6.07, 6.45) is -3.59. The maximum Gasteiger partial charge on any atom is 0.393 e. The minimum absolute atomic E-state index is 0.0860. The van der Waals surface area contributed by atoms with Gasteiger partial charge in [-0.25, -0.2) is 8.78 Å². The SMILES string of the molecule is O=C(Nc1cnc2c(F)c(F)ccc2c1)[C@H]1NCC[C@@H]1C(F)(F)F. The number of carbonyl (C=O) groups excluding carboxylic acids is 1. The number of nitrogens with one attached hydrogen (secondary N) is 2. The molecule has 0 unspecified atom stereocenters. The number of hydrogen-bond donors (Lipinski definition) is 2. The summed E-state index contributed by atoms with van der Waals surface area (Å²) in [6, 6.07) is 2.09. The molecule has 0 aliphatic carbocycles. The van der Waals surface area contributed by atoms with Crippen LogP contribution in [0.1, 0.15) is 6.42 Å². The first-order valence-corrected chi connectivity index (χ1v) is 7.12. The molecule has 1 fully saturated rings. The molecule has 2 aromatic rings. The lowest BCUT2D eigenvalue weighted by Crippen LogP contribution is -2.44. The number of fused-ring (bicyclic) bond motifs is 1. The van der Waals surface area contributed by atoms with Crippen molar-refractivity contribution in [3.8, 4) is 0 Å². The molecule has 0 spiro atoms. The second kappa shape index (κ2) is 5.97. The van der Waals surface area contributed by atoms with E-state index in [1.165, 1.54) is 12.1 Å². The van der Waals surface area contributed by atoms with Crippen molar-refractivity contribution in [2.75, 3.05) is 11.9 Å². The Morgan fingerprint density at radius 2 is 2.04 bits per heavy atom. The van der Waals surface area contributed by atoms with Crippen molar-refractivity contribution in [3.63, 3.8) is 0 Å². The zero-order valence-electron chi connectivity index (χ0n) is 12.1. The van der Waals surface area contributed by atoms with Crippen LogP contribution < -0.4 is 10.6 Å². The van der Waals surface area contributed by atoms with Crippen LogP contribution in [0.4, 0.5) is 27.6 Å². The van der Waals surface area contributed by atoms with E-state index in [4.69, 9.17) is 0 Å². The molecule has 0 saturated carbocycles. The molecule has 4 nitrogen and oxygen atoms in total. The van der Waals surface area contributed by atoms with Gasteiger partial charge >= 0.3 is 6.18 Å². The monoisotopic (exact) mass is 345 g/mol. The first-order valence-electron chi connectivity index (χ1n) is 7.12. The van der Waals surface area contributed by atoms with Crippen molar-refractivity contribution in [1.82, 2.24) is 10.3 Å². The molecule has 24 heavy (non-hydrogen) atoms. The van der Waals surface area contributed by atoms with E-state index in [-0.39, 0.29) is 29.6 Å². The van der Waals surface area contributed by atoms with E-state index >= 15 is 0 Å². The predicted molar refractivity (Wildman–Crippen MR) is 76.2 cm³/mol. The number of benzene rings is 1. The zero-order chi connectivity index (χ0) is 17.5. The van der Waals surface area contributed by atoms with E-state index in [9.17, 15) is 26.7 Å². The molecule has 128 valence electrons. The highest BCUT2D eigenvalue weighted by atomic mass is 19.4. The lowest BCUT2D eigenvalue weighted by molar-refractivity contribution is -0.178. The van der Waals surface area contributed by atoms with Gasteiger partial charge in [-0.1, -0.05) is 0 Å². The van der Waals surface area contributed by atoms with Gasteiger partial charge in [0.05, 0.1) is 23.8 Å². The van der Waals surface area contributed by atoms with E-state index < -0.39 is 35.7 Å². The van der Waals surface area contributed by atoms with Gasteiger partial charge in [0.1, 0.15) is 5.52 Å². The Morgan fingerprint density at radius 1 is 1.29 bits per heavy atom. The highest BCUT2D eigenvalue weighted by Gasteiger charge is 2.49. The minimum atomic E-state index is -4.48. The average molecular weight is 345 g/mol. The van der Waals surface area contributed by atoms with Gasteiger partial charge < -0.3 is 10.6 Å². The van der Waals surface area contributed by atoms with Gasteiger partial charge in [-0.05, 0) is 31.2 Å². The number of anilines is 1. The van der Waals surface area contributed by atoms with Gasteiger partial charge in [0.15, 0.2) is 11.6 Å². The lowest BCUT2D eigenvalue weighted by atomic mass is 9.99. The molecular formula is C15H12F5N3O. The van der Waals surface area contributed by atoms with Crippen LogP contribution in [-0.2, 0) is 4.79 Å².